The van der Waals surface area contributed by atoms with Crippen LogP contribution in [0.4, 0.5) is 4.79 Å². The van der Waals surface area contributed by atoms with Crippen molar-refractivity contribution in [3.63, 3.8) is 0 Å². The standard InChI is InChI=1S/C12H14N2O2.C3H6/c1-10(7-8-13)14-12(15)16-9-11-5-3-2-4-6-11;1-2-3-1/h2-6,10H,7,9H2,1H3,(H,14,15);1-3H2. The van der Waals surface area contributed by atoms with E-state index in [0.29, 0.717) is 0 Å². The second-order valence-corrected chi connectivity index (χ2v) is 4.53. The fourth-order valence-electron chi connectivity index (χ4n) is 1.15. The van der Waals surface area contributed by atoms with Gasteiger partial charge in [-0.25, -0.2) is 4.79 Å². The van der Waals surface area contributed by atoms with E-state index >= 15 is 0 Å². The van der Waals surface area contributed by atoms with Gasteiger partial charge in [0.1, 0.15) is 6.61 Å². The normalized spacial score (nSPS) is 13.3. The number of nitrogens with one attached hydrogen (secondary N) is 1. The van der Waals surface area contributed by atoms with Crippen molar-refractivity contribution in [3.05, 3.63) is 35.9 Å². The van der Waals surface area contributed by atoms with Crippen LogP contribution in [0.1, 0.15) is 38.2 Å². The molecule has 1 N–H and O–H groups in total. The molecular weight excluding hydrogens is 240 g/mol. The van der Waals surface area contributed by atoms with Crippen molar-refractivity contribution in [2.24, 2.45) is 0 Å². The lowest BCUT2D eigenvalue weighted by molar-refractivity contribution is 0.136. The van der Waals surface area contributed by atoms with Crippen molar-refractivity contribution >= 4 is 6.09 Å². The Morgan fingerprint density at radius 1 is 1.37 bits per heavy atom. The van der Waals surface area contributed by atoms with Gasteiger partial charge in [0, 0.05) is 6.04 Å². The molecule has 0 heterocycles. The third kappa shape index (κ3) is 8.67. The molecule has 2 rings (SSSR count). The Balaban J connectivity index is 0.000000524. The first-order valence-corrected chi connectivity index (χ1v) is 6.56. The molecule has 0 bridgehead atoms. The second-order valence-electron chi connectivity index (χ2n) is 4.53. The Bertz CT molecular complexity index is 407. The molecule has 1 saturated carbocycles. The summed E-state index contributed by atoms with van der Waals surface area (Å²) in [5.41, 5.74) is 0.936. The molecule has 1 fully saturated rings. The third-order valence-corrected chi connectivity index (χ3v) is 2.33. The highest BCUT2D eigenvalue weighted by molar-refractivity contribution is 5.67. The summed E-state index contributed by atoms with van der Waals surface area (Å²) in [5.74, 6) is 0. The molecule has 0 aromatic heterocycles. The van der Waals surface area contributed by atoms with Crippen LogP contribution in [0.15, 0.2) is 30.3 Å². The van der Waals surface area contributed by atoms with E-state index in [1.807, 2.05) is 36.4 Å². The van der Waals surface area contributed by atoms with Gasteiger partial charge in [0.2, 0.25) is 0 Å². The number of hydrogen-bond acceptors (Lipinski definition) is 3. The lowest BCUT2D eigenvalue weighted by Gasteiger charge is -2.10. The summed E-state index contributed by atoms with van der Waals surface area (Å²) in [6, 6.07) is 11.2. The summed E-state index contributed by atoms with van der Waals surface area (Å²) in [7, 11) is 0. The van der Waals surface area contributed by atoms with Crippen LogP contribution in [-0.2, 0) is 11.3 Å². The molecule has 1 atom stereocenters. The van der Waals surface area contributed by atoms with Gasteiger partial charge in [-0.3, -0.25) is 0 Å². The summed E-state index contributed by atoms with van der Waals surface area (Å²) < 4.78 is 4.99. The first-order chi connectivity index (χ1) is 9.22. The first kappa shape index (κ1) is 15.0. The van der Waals surface area contributed by atoms with Gasteiger partial charge in [-0.05, 0) is 12.5 Å². The Kier molecular flexibility index (Phi) is 7.11. The first-order valence-electron chi connectivity index (χ1n) is 6.56. The topological polar surface area (TPSA) is 62.1 Å². The third-order valence-electron chi connectivity index (χ3n) is 2.33. The van der Waals surface area contributed by atoms with Gasteiger partial charge in [-0.2, -0.15) is 5.26 Å². The quantitative estimate of drug-likeness (QED) is 0.902. The summed E-state index contributed by atoms with van der Waals surface area (Å²) in [5, 5.41) is 11.0. The van der Waals surface area contributed by atoms with Crippen LogP contribution in [0.2, 0.25) is 0 Å². The number of hydrogen-bond donors (Lipinski definition) is 1. The Morgan fingerprint density at radius 2 is 2.00 bits per heavy atom. The van der Waals surface area contributed by atoms with Crippen molar-refractivity contribution in [2.45, 2.75) is 45.3 Å². The molecular formula is C15H20N2O2. The monoisotopic (exact) mass is 260 g/mol. The molecule has 1 aliphatic rings. The zero-order valence-corrected chi connectivity index (χ0v) is 11.3. The minimum Gasteiger partial charge on any atom is -0.445 e. The summed E-state index contributed by atoms with van der Waals surface area (Å²) in [6.45, 7) is 2.00. The van der Waals surface area contributed by atoms with Crippen LogP contribution in [0.25, 0.3) is 0 Å². The van der Waals surface area contributed by atoms with Gasteiger partial charge >= 0.3 is 6.09 Å². The van der Waals surface area contributed by atoms with E-state index < -0.39 is 6.09 Å². The van der Waals surface area contributed by atoms with Gasteiger partial charge < -0.3 is 10.1 Å². The van der Waals surface area contributed by atoms with E-state index in [0.717, 1.165) is 5.56 Å². The molecule has 1 aromatic rings. The van der Waals surface area contributed by atoms with Crippen molar-refractivity contribution in [1.82, 2.24) is 5.32 Å². The number of ether oxygens (including phenoxy) is 1. The van der Waals surface area contributed by atoms with Crippen LogP contribution >= 0.6 is 0 Å². The lowest BCUT2D eigenvalue weighted by Crippen LogP contribution is -2.32. The molecule has 1 aromatic carbocycles. The number of amides is 1. The minimum atomic E-state index is -0.494. The maximum absolute atomic E-state index is 11.3. The van der Waals surface area contributed by atoms with Gasteiger partial charge in [0.15, 0.2) is 0 Å². The molecule has 0 spiro atoms. The van der Waals surface area contributed by atoms with E-state index in [9.17, 15) is 4.79 Å². The summed E-state index contributed by atoms with van der Waals surface area (Å²) in [4.78, 5) is 11.3. The second kappa shape index (κ2) is 8.98. The van der Waals surface area contributed by atoms with Crippen LogP contribution in [0.5, 0.6) is 0 Å². The predicted octanol–water partition coefficient (Wildman–Crippen LogP) is 3.39. The molecule has 1 aliphatic carbocycles. The smallest absolute Gasteiger partial charge is 0.407 e. The summed E-state index contributed by atoms with van der Waals surface area (Å²) >= 11 is 0. The predicted molar refractivity (Wildman–Crippen MR) is 73.3 cm³/mol. The molecule has 0 radical (unpaired) electrons. The number of benzene rings is 1. The number of rotatable bonds is 4. The molecule has 1 unspecified atom stereocenters. The number of carbonyl (C=O) groups is 1. The van der Waals surface area contributed by atoms with E-state index in [1.54, 1.807) is 6.92 Å². The Hall–Kier alpha value is -2.02. The van der Waals surface area contributed by atoms with Gasteiger partial charge in [-0.15, -0.1) is 0 Å². The van der Waals surface area contributed by atoms with E-state index in [1.165, 1.54) is 19.3 Å². The molecule has 0 saturated heterocycles. The number of nitriles is 1. The Morgan fingerprint density at radius 3 is 2.53 bits per heavy atom. The van der Waals surface area contributed by atoms with E-state index in [-0.39, 0.29) is 19.1 Å². The van der Waals surface area contributed by atoms with Crippen LogP contribution in [0.3, 0.4) is 0 Å². The Labute approximate surface area is 114 Å². The largest absolute Gasteiger partial charge is 0.445 e. The molecule has 0 aliphatic heterocycles. The fourth-order valence-corrected chi connectivity index (χ4v) is 1.15. The average molecular weight is 260 g/mol. The van der Waals surface area contributed by atoms with Crippen molar-refractivity contribution < 1.29 is 9.53 Å². The molecule has 1 amide bonds. The number of carbonyl (C=O) groups excluding carboxylic acids is 1. The van der Waals surface area contributed by atoms with Gasteiger partial charge in [0.25, 0.3) is 0 Å². The molecule has 19 heavy (non-hydrogen) atoms. The highest BCUT2D eigenvalue weighted by atomic mass is 16.5. The van der Waals surface area contributed by atoms with Crippen molar-refractivity contribution in [3.8, 4) is 6.07 Å². The molecule has 4 heteroatoms. The number of alkyl carbamates (subject to hydrolysis) is 1. The van der Waals surface area contributed by atoms with E-state index in [2.05, 4.69) is 5.32 Å². The highest BCUT2D eigenvalue weighted by Crippen LogP contribution is 2.14. The SMILES string of the molecule is C1CC1.CC(CC#N)NC(=O)OCc1ccccc1. The van der Waals surface area contributed by atoms with Crippen LogP contribution < -0.4 is 5.32 Å². The van der Waals surface area contributed by atoms with Crippen LogP contribution in [0, 0.1) is 11.3 Å². The maximum Gasteiger partial charge on any atom is 0.407 e. The summed E-state index contributed by atoms with van der Waals surface area (Å²) in [6.07, 6.45) is 4.28. The molecule has 4 nitrogen and oxygen atoms in total. The number of nitrogens with zero attached hydrogens (tertiary/aromatic N) is 1. The van der Waals surface area contributed by atoms with Crippen molar-refractivity contribution in [2.75, 3.05) is 0 Å². The average Bonchev–Trinajstić information content (AvgIpc) is 3.26. The zero-order chi connectivity index (χ0) is 13.9. The van der Waals surface area contributed by atoms with Crippen molar-refractivity contribution in [1.29, 1.82) is 5.26 Å². The van der Waals surface area contributed by atoms with Gasteiger partial charge in [-0.1, -0.05) is 49.6 Å². The highest BCUT2D eigenvalue weighted by Gasteiger charge is 2.07. The van der Waals surface area contributed by atoms with Crippen LogP contribution in [-0.4, -0.2) is 12.1 Å². The van der Waals surface area contributed by atoms with Gasteiger partial charge in [0.05, 0.1) is 12.5 Å². The fraction of sp³-hybridized carbons (Fsp3) is 0.467. The molecule has 102 valence electrons. The zero-order valence-electron chi connectivity index (χ0n) is 11.3. The maximum atomic E-state index is 11.3. The minimum absolute atomic E-state index is 0.187. The lowest BCUT2D eigenvalue weighted by atomic mass is 10.2. The van der Waals surface area contributed by atoms with E-state index in [4.69, 9.17) is 10.00 Å².